The van der Waals surface area contributed by atoms with Gasteiger partial charge in [-0.15, -0.1) is 6.58 Å². The van der Waals surface area contributed by atoms with Gasteiger partial charge in [-0.1, -0.05) is 60.7 Å². The van der Waals surface area contributed by atoms with Gasteiger partial charge in [0.25, 0.3) is 5.91 Å². The number of nitrogens with zero attached hydrogens (tertiary/aromatic N) is 4. The normalized spacial score (nSPS) is 18.2. The summed E-state index contributed by atoms with van der Waals surface area (Å²) in [5.74, 6) is -0.860. The second kappa shape index (κ2) is 14.7. The van der Waals surface area contributed by atoms with E-state index in [4.69, 9.17) is 5.11 Å². The number of urea groups is 1. The highest BCUT2D eigenvalue weighted by Crippen LogP contribution is 2.29. The van der Waals surface area contributed by atoms with Crippen molar-refractivity contribution in [3.63, 3.8) is 0 Å². The third-order valence-corrected chi connectivity index (χ3v) is 7.99. The summed E-state index contributed by atoms with van der Waals surface area (Å²) >= 11 is 0. The zero-order valence-electron chi connectivity index (χ0n) is 25.4. The maximum absolute atomic E-state index is 14.2. The molecule has 0 aromatic heterocycles. The zero-order valence-corrected chi connectivity index (χ0v) is 25.4. The number of carbonyl (C=O) groups is 4. The van der Waals surface area contributed by atoms with Crippen LogP contribution in [0.5, 0.6) is 5.75 Å². The Bertz CT molecular complexity index is 1570. The van der Waals surface area contributed by atoms with E-state index >= 15 is 0 Å². The van der Waals surface area contributed by atoms with Crippen molar-refractivity contribution in [3.05, 3.63) is 114 Å². The molecule has 3 aromatic carbocycles. The average Bonchev–Trinajstić information content (AvgIpc) is 3.06. The number of piperazine rings is 1. The monoisotopic (exact) mass is 626 g/mol. The van der Waals surface area contributed by atoms with Crippen LogP contribution in [0.4, 0.5) is 4.79 Å². The standard InChI is InChI=1S/C34H38N6O6/c1-2-16-38-23-31(43)39-29(19-24-11-13-28(42)14-12-24)33(45)37(21-26-9-6-10-27(18-26)32(44)35-15-17-41)22-30(39)40(38)34(46)36-20-25-7-4-3-5-8-25/h2-14,18,29-30,41-42H,1,15-17,19-23H2,(H,35,44)(H,36,46). The lowest BCUT2D eigenvalue weighted by atomic mass is 9.98. The number of aliphatic hydroxyl groups excluding tert-OH is 1. The number of hydrogen-bond acceptors (Lipinski definition) is 7. The molecule has 2 atom stereocenters. The topological polar surface area (TPSA) is 146 Å². The first-order chi connectivity index (χ1) is 22.3. The van der Waals surface area contributed by atoms with Crippen molar-refractivity contribution < 1.29 is 29.4 Å². The molecule has 0 spiro atoms. The molecule has 2 aliphatic rings. The van der Waals surface area contributed by atoms with Crippen LogP contribution >= 0.6 is 0 Å². The molecule has 0 radical (unpaired) electrons. The molecule has 0 bridgehead atoms. The van der Waals surface area contributed by atoms with Crippen molar-refractivity contribution in [2.75, 3.05) is 32.8 Å². The van der Waals surface area contributed by atoms with Crippen LogP contribution in [-0.2, 0) is 29.1 Å². The van der Waals surface area contributed by atoms with Crippen molar-refractivity contribution in [3.8, 4) is 5.75 Å². The van der Waals surface area contributed by atoms with Gasteiger partial charge in [-0.3, -0.25) is 14.4 Å². The van der Waals surface area contributed by atoms with Crippen LogP contribution in [0, 0.1) is 0 Å². The predicted molar refractivity (Wildman–Crippen MR) is 170 cm³/mol. The van der Waals surface area contributed by atoms with Gasteiger partial charge in [-0.25, -0.2) is 14.8 Å². The molecule has 46 heavy (non-hydrogen) atoms. The lowest BCUT2D eigenvalue weighted by Gasteiger charge is -2.55. The number of fused-ring (bicyclic) bond motifs is 1. The summed E-state index contributed by atoms with van der Waals surface area (Å²) in [6.45, 7) is 4.28. The van der Waals surface area contributed by atoms with Crippen molar-refractivity contribution in [1.82, 2.24) is 30.5 Å². The van der Waals surface area contributed by atoms with E-state index in [0.29, 0.717) is 11.1 Å². The quantitative estimate of drug-likeness (QED) is 0.238. The lowest BCUT2D eigenvalue weighted by Crippen LogP contribution is -2.76. The Kier molecular flexibility index (Phi) is 10.3. The van der Waals surface area contributed by atoms with E-state index in [-0.39, 0.29) is 75.8 Å². The molecule has 5 amide bonds. The molecule has 3 aromatic rings. The summed E-state index contributed by atoms with van der Waals surface area (Å²) in [5, 5.41) is 27.6. The molecule has 2 fully saturated rings. The van der Waals surface area contributed by atoms with Crippen LogP contribution < -0.4 is 10.6 Å². The number of rotatable bonds is 11. The number of hydrogen-bond donors (Lipinski definition) is 4. The number of nitrogens with one attached hydrogen (secondary N) is 2. The van der Waals surface area contributed by atoms with Crippen LogP contribution in [0.1, 0.15) is 27.0 Å². The molecule has 4 N–H and O–H groups in total. The number of aromatic hydroxyl groups is 1. The summed E-state index contributed by atoms with van der Waals surface area (Å²) in [6, 6.07) is 21.4. The molecule has 5 rings (SSSR count). The second-order valence-corrected chi connectivity index (χ2v) is 11.2. The van der Waals surface area contributed by atoms with Crippen LogP contribution in [-0.4, -0.2) is 98.8 Å². The molecule has 2 aliphatic heterocycles. The molecule has 2 saturated heterocycles. The molecule has 0 saturated carbocycles. The van der Waals surface area contributed by atoms with Crippen molar-refractivity contribution in [1.29, 1.82) is 0 Å². The van der Waals surface area contributed by atoms with Gasteiger partial charge in [0.2, 0.25) is 11.8 Å². The smallest absolute Gasteiger partial charge is 0.334 e. The first-order valence-corrected chi connectivity index (χ1v) is 15.1. The molecule has 12 nitrogen and oxygen atoms in total. The van der Waals surface area contributed by atoms with Gasteiger partial charge < -0.3 is 30.6 Å². The number of phenols is 1. The van der Waals surface area contributed by atoms with Gasteiger partial charge in [0.05, 0.1) is 19.7 Å². The highest BCUT2D eigenvalue weighted by Gasteiger charge is 2.51. The predicted octanol–water partition coefficient (Wildman–Crippen LogP) is 1.85. The van der Waals surface area contributed by atoms with E-state index in [2.05, 4.69) is 17.2 Å². The fourth-order valence-electron chi connectivity index (χ4n) is 5.86. The molecule has 240 valence electrons. The molecular formula is C34H38N6O6. The minimum atomic E-state index is -0.929. The third-order valence-electron chi connectivity index (χ3n) is 7.99. The van der Waals surface area contributed by atoms with Crippen molar-refractivity contribution >= 4 is 23.8 Å². The number of hydrazine groups is 1. The lowest BCUT2D eigenvalue weighted by molar-refractivity contribution is -0.189. The SMILES string of the molecule is C=CCN1CC(=O)N2C(Cc3ccc(O)cc3)C(=O)N(Cc3cccc(C(=O)NCCO)c3)CC2N1C(=O)NCc1ccccc1. The van der Waals surface area contributed by atoms with Gasteiger partial charge in [-0.05, 0) is 41.0 Å². The molecular weight excluding hydrogens is 588 g/mol. The Morgan fingerprint density at radius 1 is 0.935 bits per heavy atom. The Morgan fingerprint density at radius 3 is 2.39 bits per heavy atom. The van der Waals surface area contributed by atoms with E-state index in [1.54, 1.807) is 52.4 Å². The van der Waals surface area contributed by atoms with E-state index in [0.717, 1.165) is 11.1 Å². The minimum Gasteiger partial charge on any atom is -0.508 e. The first-order valence-electron chi connectivity index (χ1n) is 15.1. The van der Waals surface area contributed by atoms with Crippen LogP contribution in [0.25, 0.3) is 0 Å². The molecule has 2 unspecified atom stereocenters. The maximum Gasteiger partial charge on any atom is 0.334 e. The number of aliphatic hydroxyl groups is 1. The van der Waals surface area contributed by atoms with Gasteiger partial charge in [0.1, 0.15) is 18.0 Å². The van der Waals surface area contributed by atoms with Crippen LogP contribution in [0.2, 0.25) is 0 Å². The largest absolute Gasteiger partial charge is 0.508 e. The third kappa shape index (κ3) is 7.36. The first kappa shape index (κ1) is 32.2. The Hall–Kier alpha value is -5.20. The number of phenolic OH excluding ortho intramolecular Hbond substituents is 1. The summed E-state index contributed by atoms with van der Waals surface area (Å²) in [6.07, 6.45) is 0.961. The highest BCUT2D eigenvalue weighted by molar-refractivity contribution is 5.94. The number of amides is 5. The van der Waals surface area contributed by atoms with Gasteiger partial charge in [-0.2, -0.15) is 0 Å². The minimum absolute atomic E-state index is 0.0317. The summed E-state index contributed by atoms with van der Waals surface area (Å²) in [4.78, 5) is 57.5. The zero-order chi connectivity index (χ0) is 32.6. The Balaban J connectivity index is 1.48. The van der Waals surface area contributed by atoms with Gasteiger partial charge in [0.15, 0.2) is 0 Å². The molecule has 12 heteroatoms. The number of carbonyl (C=O) groups excluding carboxylic acids is 4. The molecule has 2 heterocycles. The van der Waals surface area contributed by atoms with E-state index in [9.17, 15) is 24.3 Å². The average molecular weight is 627 g/mol. The fourth-order valence-corrected chi connectivity index (χ4v) is 5.86. The highest BCUT2D eigenvalue weighted by atomic mass is 16.3. The second-order valence-electron chi connectivity index (χ2n) is 11.2. The van der Waals surface area contributed by atoms with Crippen molar-refractivity contribution in [2.45, 2.75) is 31.7 Å². The molecule has 0 aliphatic carbocycles. The van der Waals surface area contributed by atoms with E-state index in [1.165, 1.54) is 22.0 Å². The fraction of sp³-hybridized carbons (Fsp3) is 0.294. The van der Waals surface area contributed by atoms with Crippen LogP contribution in [0.15, 0.2) is 91.5 Å². The van der Waals surface area contributed by atoms with Crippen LogP contribution in [0.3, 0.4) is 0 Å². The number of benzene rings is 3. The summed E-state index contributed by atoms with van der Waals surface area (Å²) in [7, 11) is 0. The van der Waals surface area contributed by atoms with Gasteiger partial charge in [0, 0.05) is 38.2 Å². The summed E-state index contributed by atoms with van der Waals surface area (Å²) in [5.41, 5.74) is 2.71. The Morgan fingerprint density at radius 2 is 1.67 bits per heavy atom. The van der Waals surface area contributed by atoms with E-state index in [1.807, 2.05) is 30.3 Å². The van der Waals surface area contributed by atoms with Crippen molar-refractivity contribution in [2.24, 2.45) is 0 Å². The summed E-state index contributed by atoms with van der Waals surface area (Å²) < 4.78 is 0. The van der Waals surface area contributed by atoms with Gasteiger partial charge >= 0.3 is 6.03 Å². The van der Waals surface area contributed by atoms with E-state index < -0.39 is 18.2 Å². The Labute approximate surface area is 267 Å². The maximum atomic E-state index is 14.2.